The molecule has 1 heterocycles. The maximum absolute atomic E-state index is 12.3. The molecule has 5 heteroatoms. The number of nitrogens with zero attached hydrogens (tertiary/aromatic N) is 1. The molecule has 108 valence electrons. The molecule has 1 aliphatic heterocycles. The Hall–Kier alpha value is -1.24. The van der Waals surface area contributed by atoms with Crippen molar-refractivity contribution in [1.82, 2.24) is 10.2 Å². The van der Waals surface area contributed by atoms with E-state index in [4.69, 9.17) is 4.74 Å². The van der Waals surface area contributed by atoms with E-state index >= 15 is 0 Å². The van der Waals surface area contributed by atoms with E-state index in [2.05, 4.69) is 39.4 Å². The molecule has 0 bridgehead atoms. The van der Waals surface area contributed by atoms with Gasteiger partial charge in [-0.2, -0.15) is 0 Å². The van der Waals surface area contributed by atoms with Gasteiger partial charge in [-0.15, -0.1) is 0 Å². The molecule has 4 nitrogen and oxygen atoms in total. The highest BCUT2D eigenvalue weighted by atomic mass is 127. The molecule has 0 unspecified atom stereocenters. The smallest absolute Gasteiger partial charge is 0.255 e. The second-order valence-electron chi connectivity index (χ2n) is 4.77. The minimum absolute atomic E-state index is 0.0868. The summed E-state index contributed by atoms with van der Waals surface area (Å²) in [7, 11) is 1.58. The van der Waals surface area contributed by atoms with Crippen molar-refractivity contribution < 1.29 is 9.53 Å². The van der Waals surface area contributed by atoms with Crippen LogP contribution in [0.4, 0.5) is 0 Å². The van der Waals surface area contributed by atoms with E-state index in [1.54, 1.807) is 7.11 Å². The van der Waals surface area contributed by atoms with Gasteiger partial charge in [-0.25, -0.2) is 0 Å². The topological polar surface area (TPSA) is 41.6 Å². The minimum Gasteiger partial charge on any atom is -0.496 e. The van der Waals surface area contributed by atoms with E-state index in [0.717, 1.165) is 23.0 Å². The number of carbonyl (C=O) groups excluding carboxylic acids is 1. The highest BCUT2D eigenvalue weighted by Crippen LogP contribution is 2.21. The van der Waals surface area contributed by atoms with Gasteiger partial charge >= 0.3 is 0 Å². The third kappa shape index (κ3) is 3.45. The molecule has 1 aromatic carbocycles. The van der Waals surface area contributed by atoms with Crippen molar-refractivity contribution in [3.63, 3.8) is 0 Å². The monoisotopic (exact) mass is 386 g/mol. The largest absolute Gasteiger partial charge is 0.496 e. The molecule has 1 N–H and O–H groups in total. The third-order valence-electron chi connectivity index (χ3n) is 3.56. The summed E-state index contributed by atoms with van der Waals surface area (Å²) in [5.74, 6) is 0.520. The number of methoxy groups -OCH3 is 1. The number of benzene rings is 1. The Kier molecular flexibility index (Phi) is 5.28. The second kappa shape index (κ2) is 6.97. The van der Waals surface area contributed by atoms with Crippen LogP contribution in [-0.4, -0.2) is 37.0 Å². The summed E-state index contributed by atoms with van der Waals surface area (Å²) in [5, 5.41) is 3.00. The first-order valence-corrected chi connectivity index (χ1v) is 7.73. The zero-order valence-corrected chi connectivity index (χ0v) is 13.7. The molecule has 20 heavy (non-hydrogen) atoms. The predicted octanol–water partition coefficient (Wildman–Crippen LogP) is 2.64. The Morgan fingerprint density at radius 2 is 2.45 bits per heavy atom. The SMILES string of the molecule is C=CN1CCC[C@H]1CNC(=O)c1cc(I)ccc1OC. The van der Waals surface area contributed by atoms with Gasteiger partial charge in [-0.05, 0) is 59.8 Å². The predicted molar refractivity (Wildman–Crippen MR) is 88.0 cm³/mol. The van der Waals surface area contributed by atoms with Gasteiger partial charge in [0.15, 0.2) is 0 Å². The molecule has 0 aliphatic carbocycles. The average molecular weight is 386 g/mol. The molecule has 1 aliphatic rings. The summed E-state index contributed by atoms with van der Waals surface area (Å²) < 4.78 is 6.26. The number of carbonyl (C=O) groups is 1. The molecule has 1 saturated heterocycles. The van der Waals surface area contributed by atoms with Gasteiger partial charge in [0.05, 0.1) is 12.7 Å². The van der Waals surface area contributed by atoms with Gasteiger partial charge in [0.1, 0.15) is 5.75 Å². The van der Waals surface area contributed by atoms with E-state index in [1.807, 2.05) is 24.4 Å². The molecule has 1 aromatic rings. The highest BCUT2D eigenvalue weighted by molar-refractivity contribution is 14.1. The van der Waals surface area contributed by atoms with Crippen LogP contribution in [-0.2, 0) is 0 Å². The molecule has 1 amide bonds. The van der Waals surface area contributed by atoms with Crippen LogP contribution >= 0.6 is 22.6 Å². The maximum atomic E-state index is 12.3. The van der Waals surface area contributed by atoms with Crippen molar-refractivity contribution in [2.75, 3.05) is 20.2 Å². The van der Waals surface area contributed by atoms with Crippen molar-refractivity contribution in [2.45, 2.75) is 18.9 Å². The fourth-order valence-electron chi connectivity index (χ4n) is 2.48. The Morgan fingerprint density at radius 1 is 1.65 bits per heavy atom. The Bertz CT molecular complexity index is 505. The van der Waals surface area contributed by atoms with Gasteiger partial charge < -0.3 is 15.0 Å². The van der Waals surface area contributed by atoms with Gasteiger partial charge in [0.2, 0.25) is 0 Å². The van der Waals surface area contributed by atoms with E-state index < -0.39 is 0 Å². The highest BCUT2D eigenvalue weighted by Gasteiger charge is 2.22. The van der Waals surface area contributed by atoms with Crippen LogP contribution in [0.3, 0.4) is 0 Å². The number of ether oxygens (including phenoxy) is 1. The summed E-state index contributed by atoms with van der Waals surface area (Å²) in [5.41, 5.74) is 0.586. The second-order valence-corrected chi connectivity index (χ2v) is 6.02. The third-order valence-corrected chi connectivity index (χ3v) is 4.23. The molecule has 0 spiro atoms. The number of hydrogen-bond donors (Lipinski definition) is 1. The molecule has 0 saturated carbocycles. The number of likely N-dealkylation sites (tertiary alicyclic amines) is 1. The lowest BCUT2D eigenvalue weighted by Crippen LogP contribution is -2.37. The lowest BCUT2D eigenvalue weighted by Gasteiger charge is -2.22. The Morgan fingerprint density at radius 3 is 3.15 bits per heavy atom. The standard InChI is InChI=1S/C15H19IN2O2/c1-3-18-8-4-5-12(18)10-17-15(19)13-9-11(16)6-7-14(13)20-2/h3,6-7,9,12H,1,4-5,8,10H2,2H3,(H,17,19)/t12-/m0/s1. The molecule has 0 aromatic heterocycles. The summed E-state index contributed by atoms with van der Waals surface area (Å²) in [4.78, 5) is 14.5. The van der Waals surface area contributed by atoms with Crippen LogP contribution < -0.4 is 10.1 Å². The van der Waals surface area contributed by atoms with E-state index in [0.29, 0.717) is 23.9 Å². The first-order valence-electron chi connectivity index (χ1n) is 6.65. The van der Waals surface area contributed by atoms with Crippen LogP contribution in [0.25, 0.3) is 0 Å². The average Bonchev–Trinajstić information content (AvgIpc) is 2.92. The maximum Gasteiger partial charge on any atom is 0.255 e. The van der Waals surface area contributed by atoms with Gasteiger partial charge in [0.25, 0.3) is 5.91 Å². The van der Waals surface area contributed by atoms with Crippen molar-refractivity contribution in [3.05, 3.63) is 40.1 Å². The number of halogens is 1. The molecule has 1 atom stereocenters. The first-order chi connectivity index (χ1) is 9.65. The molecule has 2 rings (SSSR count). The summed E-state index contributed by atoms with van der Waals surface area (Å²) in [6.07, 6.45) is 4.10. The normalized spacial score (nSPS) is 17.9. The lowest BCUT2D eigenvalue weighted by atomic mass is 10.1. The Labute approximate surface area is 133 Å². The fourth-order valence-corrected chi connectivity index (χ4v) is 2.97. The zero-order valence-electron chi connectivity index (χ0n) is 11.6. The van der Waals surface area contributed by atoms with Gasteiger partial charge in [-0.1, -0.05) is 6.58 Å². The van der Waals surface area contributed by atoms with Crippen LogP contribution in [0.5, 0.6) is 5.75 Å². The van der Waals surface area contributed by atoms with Crippen molar-refractivity contribution in [1.29, 1.82) is 0 Å². The van der Waals surface area contributed by atoms with Crippen LogP contribution in [0.15, 0.2) is 31.0 Å². The van der Waals surface area contributed by atoms with E-state index in [9.17, 15) is 4.79 Å². The van der Waals surface area contributed by atoms with E-state index in [-0.39, 0.29) is 5.91 Å². The molecular formula is C15H19IN2O2. The van der Waals surface area contributed by atoms with Crippen molar-refractivity contribution in [2.24, 2.45) is 0 Å². The summed E-state index contributed by atoms with van der Waals surface area (Å²) in [6.45, 7) is 5.47. The van der Waals surface area contributed by atoms with Crippen LogP contribution in [0.1, 0.15) is 23.2 Å². The number of nitrogens with one attached hydrogen (secondary N) is 1. The van der Waals surface area contributed by atoms with Crippen molar-refractivity contribution >= 4 is 28.5 Å². The summed E-state index contributed by atoms with van der Waals surface area (Å²) >= 11 is 2.19. The molecule has 0 radical (unpaired) electrons. The minimum atomic E-state index is -0.0868. The number of amides is 1. The zero-order chi connectivity index (χ0) is 14.5. The van der Waals surface area contributed by atoms with E-state index in [1.165, 1.54) is 0 Å². The van der Waals surface area contributed by atoms with Crippen LogP contribution in [0.2, 0.25) is 0 Å². The summed E-state index contributed by atoms with van der Waals surface area (Å²) in [6, 6.07) is 5.94. The van der Waals surface area contributed by atoms with Crippen LogP contribution in [0, 0.1) is 3.57 Å². The first kappa shape index (κ1) is 15.2. The Balaban J connectivity index is 2.01. The van der Waals surface area contributed by atoms with Gasteiger partial charge in [-0.3, -0.25) is 4.79 Å². The van der Waals surface area contributed by atoms with Gasteiger partial charge in [0, 0.05) is 22.7 Å². The number of rotatable bonds is 5. The number of hydrogen-bond acceptors (Lipinski definition) is 3. The lowest BCUT2D eigenvalue weighted by molar-refractivity contribution is 0.0942. The molecular weight excluding hydrogens is 367 g/mol. The quantitative estimate of drug-likeness (QED) is 0.792. The van der Waals surface area contributed by atoms with Crippen molar-refractivity contribution in [3.8, 4) is 5.75 Å². The molecule has 1 fully saturated rings. The fraction of sp³-hybridized carbons (Fsp3) is 0.400.